The van der Waals surface area contributed by atoms with Gasteiger partial charge in [-0.05, 0) is 109 Å². The molecule has 0 aromatic carbocycles. The van der Waals surface area contributed by atoms with Gasteiger partial charge < -0.3 is 45.1 Å². The highest BCUT2D eigenvalue weighted by Crippen LogP contribution is 2.23. The van der Waals surface area contributed by atoms with E-state index in [4.69, 9.17) is 14.2 Å². The molecule has 11 heteroatoms. The van der Waals surface area contributed by atoms with Gasteiger partial charge in [0.15, 0.2) is 6.29 Å². The predicted molar refractivity (Wildman–Crippen MR) is 380 cm³/mol. The van der Waals surface area contributed by atoms with Crippen LogP contribution in [0.2, 0.25) is 0 Å². The van der Waals surface area contributed by atoms with Crippen molar-refractivity contribution in [3.05, 3.63) is 72.9 Å². The molecule has 7 unspecified atom stereocenters. The lowest BCUT2D eigenvalue weighted by Crippen LogP contribution is -2.60. The van der Waals surface area contributed by atoms with Crippen LogP contribution in [0, 0.1) is 0 Å². The van der Waals surface area contributed by atoms with Gasteiger partial charge in [-0.3, -0.25) is 9.59 Å². The average molecular weight is 1270 g/mol. The normalized spacial score (nSPS) is 18.1. The van der Waals surface area contributed by atoms with Crippen LogP contribution in [0.1, 0.15) is 354 Å². The standard InChI is InChI=1S/C79H143NO10/c1-3-5-7-9-11-13-15-16-42-46-49-53-57-61-65-72(82)71(70-89-79-78(87)77(86)76(85)73(69-81)90-79)80-74(83)66-62-58-54-50-47-43-40-38-36-34-32-30-28-26-24-22-20-18-17-19-21-23-25-27-29-31-33-35-37-39-41-44-48-52-56-60-64-68-88-75(84)67-63-59-55-51-45-14-12-10-8-6-4-2/h10,12-13,15,17,19,23,25,46,49,61,65,71-73,76-79,81-82,85-87H,3-9,11,14,16,18,20-22,24,26-45,47-48,50-60,62-64,66-70H2,1-2H3,(H,80,83)/b12-10-,15-13+,19-17-,25-23-,49-46+,65-61+. The van der Waals surface area contributed by atoms with Gasteiger partial charge in [-0.25, -0.2) is 0 Å². The van der Waals surface area contributed by atoms with Gasteiger partial charge in [0.1, 0.15) is 24.4 Å². The molecule has 0 spiro atoms. The Bertz CT molecular complexity index is 1730. The van der Waals surface area contributed by atoms with Gasteiger partial charge in [0.2, 0.25) is 5.91 Å². The maximum Gasteiger partial charge on any atom is 0.305 e. The number of nitrogens with one attached hydrogen (secondary N) is 1. The molecule has 90 heavy (non-hydrogen) atoms. The monoisotopic (exact) mass is 1270 g/mol. The SMILES string of the molecule is CCCC/C=C\CCCCCCCC(=O)OCCCCCCCCCCCCCCC/C=C\C/C=C\CCCCCCCCCCCCCCCCCCCC(=O)NC(COC1OC(CO)C(O)C(O)C1O)C(O)/C=C/CC/C=C/CC/C=C/CCCCCC. The molecule has 0 bridgehead atoms. The summed E-state index contributed by atoms with van der Waals surface area (Å²) in [6.45, 7) is 4.29. The van der Waals surface area contributed by atoms with Crippen molar-refractivity contribution in [3.63, 3.8) is 0 Å². The van der Waals surface area contributed by atoms with Gasteiger partial charge in [-0.1, -0.05) is 305 Å². The van der Waals surface area contributed by atoms with Crippen LogP contribution in [0.25, 0.3) is 0 Å². The fraction of sp³-hybridized carbons (Fsp3) is 0.823. The number of carbonyl (C=O) groups excluding carboxylic acids is 2. The van der Waals surface area contributed by atoms with E-state index >= 15 is 0 Å². The van der Waals surface area contributed by atoms with Gasteiger partial charge in [-0.15, -0.1) is 0 Å². The van der Waals surface area contributed by atoms with Crippen LogP contribution in [0.15, 0.2) is 72.9 Å². The van der Waals surface area contributed by atoms with Gasteiger partial charge in [0.05, 0.1) is 32.0 Å². The van der Waals surface area contributed by atoms with Crippen molar-refractivity contribution in [1.82, 2.24) is 5.32 Å². The molecule has 0 aromatic heterocycles. The first-order valence-electron chi connectivity index (χ1n) is 38.2. The summed E-state index contributed by atoms with van der Waals surface area (Å²) in [6, 6.07) is -0.834. The molecule has 11 nitrogen and oxygen atoms in total. The lowest BCUT2D eigenvalue weighted by molar-refractivity contribution is -0.302. The Labute approximate surface area is 553 Å². The summed E-state index contributed by atoms with van der Waals surface area (Å²) in [4.78, 5) is 25.1. The molecule has 6 N–H and O–H groups in total. The third-order valence-electron chi connectivity index (χ3n) is 17.7. The van der Waals surface area contributed by atoms with E-state index < -0.39 is 49.5 Å². The van der Waals surface area contributed by atoms with Crippen LogP contribution in [-0.4, -0.2) is 100 Å². The second-order valence-electron chi connectivity index (χ2n) is 26.3. The summed E-state index contributed by atoms with van der Waals surface area (Å²) in [5.41, 5.74) is 0. The molecule has 1 aliphatic heterocycles. The van der Waals surface area contributed by atoms with E-state index in [-0.39, 0.29) is 18.5 Å². The van der Waals surface area contributed by atoms with Crippen molar-refractivity contribution in [3.8, 4) is 0 Å². The van der Waals surface area contributed by atoms with E-state index in [0.717, 1.165) is 77.0 Å². The van der Waals surface area contributed by atoms with Crippen LogP contribution in [0.5, 0.6) is 0 Å². The lowest BCUT2D eigenvalue weighted by atomic mass is 9.99. The number of ether oxygens (including phenoxy) is 3. The van der Waals surface area contributed by atoms with Crippen LogP contribution in [0.3, 0.4) is 0 Å². The average Bonchev–Trinajstić information content (AvgIpc) is 1.02. The number of rotatable bonds is 67. The first-order valence-corrected chi connectivity index (χ1v) is 38.2. The molecule has 1 rings (SSSR count). The minimum atomic E-state index is -1.58. The summed E-state index contributed by atoms with van der Waals surface area (Å²) in [6.07, 6.45) is 82.1. The van der Waals surface area contributed by atoms with Crippen LogP contribution in [0.4, 0.5) is 0 Å². The van der Waals surface area contributed by atoms with E-state index in [2.05, 4.69) is 79.9 Å². The van der Waals surface area contributed by atoms with Gasteiger partial charge in [0, 0.05) is 12.8 Å². The quantitative estimate of drug-likeness (QED) is 0.0195. The van der Waals surface area contributed by atoms with Crippen molar-refractivity contribution in [2.75, 3.05) is 19.8 Å². The minimum absolute atomic E-state index is 0.000891. The number of hydrogen-bond acceptors (Lipinski definition) is 10. The summed E-state index contributed by atoms with van der Waals surface area (Å²) in [5.74, 6) is -0.192. The van der Waals surface area contributed by atoms with E-state index in [1.807, 2.05) is 6.08 Å². The molecule has 1 fully saturated rings. The topological polar surface area (TPSA) is 175 Å². The largest absolute Gasteiger partial charge is 0.466 e. The zero-order valence-corrected chi connectivity index (χ0v) is 58.3. The van der Waals surface area contributed by atoms with E-state index in [1.54, 1.807) is 6.08 Å². The molecule has 1 saturated heterocycles. The molecule has 0 aliphatic carbocycles. The highest BCUT2D eigenvalue weighted by atomic mass is 16.7. The van der Waals surface area contributed by atoms with Gasteiger partial charge in [-0.2, -0.15) is 0 Å². The fourth-order valence-corrected chi connectivity index (χ4v) is 11.7. The molecule has 524 valence electrons. The number of amides is 1. The molecule has 0 aromatic rings. The Kier molecular flexibility index (Phi) is 63.9. The van der Waals surface area contributed by atoms with Crippen LogP contribution >= 0.6 is 0 Å². The van der Waals surface area contributed by atoms with Crippen molar-refractivity contribution in [2.24, 2.45) is 0 Å². The molecule has 1 amide bonds. The zero-order valence-electron chi connectivity index (χ0n) is 58.3. The summed E-state index contributed by atoms with van der Waals surface area (Å²) in [7, 11) is 0. The summed E-state index contributed by atoms with van der Waals surface area (Å²) in [5, 5.41) is 54.5. The minimum Gasteiger partial charge on any atom is -0.466 e. The molecule has 7 atom stereocenters. The number of carbonyl (C=O) groups is 2. The van der Waals surface area contributed by atoms with E-state index in [9.17, 15) is 35.1 Å². The van der Waals surface area contributed by atoms with Crippen LogP contribution in [-0.2, 0) is 23.8 Å². The Morgan fingerprint density at radius 3 is 1.20 bits per heavy atom. The zero-order chi connectivity index (χ0) is 65.1. The highest BCUT2D eigenvalue weighted by molar-refractivity contribution is 5.76. The van der Waals surface area contributed by atoms with Crippen molar-refractivity contribution >= 4 is 11.9 Å². The first kappa shape index (κ1) is 85.1. The van der Waals surface area contributed by atoms with Crippen molar-refractivity contribution < 1.29 is 49.3 Å². The predicted octanol–water partition coefficient (Wildman–Crippen LogP) is 20.2. The van der Waals surface area contributed by atoms with Crippen molar-refractivity contribution in [1.29, 1.82) is 0 Å². The molecular formula is C79H143NO10. The van der Waals surface area contributed by atoms with E-state index in [1.165, 1.54) is 250 Å². The second-order valence-corrected chi connectivity index (χ2v) is 26.3. The number of aliphatic hydroxyl groups excluding tert-OH is 5. The summed E-state index contributed by atoms with van der Waals surface area (Å²) < 4.78 is 16.7. The maximum absolute atomic E-state index is 13.1. The molecule has 1 heterocycles. The molecular weight excluding hydrogens is 1120 g/mol. The second kappa shape index (κ2) is 67.5. The molecule has 1 aliphatic rings. The van der Waals surface area contributed by atoms with E-state index in [0.29, 0.717) is 19.4 Å². The van der Waals surface area contributed by atoms with Crippen molar-refractivity contribution in [2.45, 2.75) is 397 Å². The Morgan fingerprint density at radius 2 is 0.767 bits per heavy atom. The van der Waals surface area contributed by atoms with Gasteiger partial charge >= 0.3 is 5.97 Å². The lowest BCUT2D eigenvalue weighted by Gasteiger charge is -2.40. The third-order valence-corrected chi connectivity index (χ3v) is 17.7. The Balaban J connectivity index is 1.95. The number of esters is 1. The number of unbranched alkanes of at least 4 members (excludes halogenated alkanes) is 43. The smallest absolute Gasteiger partial charge is 0.305 e. The number of hydrogen-bond donors (Lipinski definition) is 6. The third kappa shape index (κ3) is 55.5. The fourth-order valence-electron chi connectivity index (χ4n) is 11.7. The maximum atomic E-state index is 13.1. The molecule has 0 saturated carbocycles. The molecule has 0 radical (unpaired) electrons. The number of aliphatic hydroxyl groups is 5. The Hall–Kier alpha value is -2.90. The van der Waals surface area contributed by atoms with Crippen LogP contribution < -0.4 is 5.32 Å². The summed E-state index contributed by atoms with van der Waals surface area (Å²) >= 11 is 0. The highest BCUT2D eigenvalue weighted by Gasteiger charge is 2.44. The number of allylic oxidation sites excluding steroid dienone is 11. The van der Waals surface area contributed by atoms with Gasteiger partial charge in [0.25, 0.3) is 0 Å². The Morgan fingerprint density at radius 1 is 0.411 bits per heavy atom. The first-order chi connectivity index (χ1) is 44.2.